The number of rotatable bonds is 4. The number of nitrogens with one attached hydrogen (secondary N) is 2. The second-order valence-electron chi connectivity index (χ2n) is 7.04. The number of amides is 3. The van der Waals surface area contributed by atoms with Crippen molar-refractivity contribution in [3.8, 4) is 0 Å². The van der Waals surface area contributed by atoms with Crippen LogP contribution in [0.15, 0.2) is 24.3 Å². The minimum atomic E-state index is -0.690. The molecular weight excluding hydrogens is 306 g/mol. The fourth-order valence-corrected chi connectivity index (χ4v) is 2.77. The molecule has 0 unspecified atom stereocenters. The largest absolute Gasteiger partial charge is 0.394 e. The molecule has 132 valence electrons. The average Bonchev–Trinajstić information content (AvgIpc) is 2.55. The first-order chi connectivity index (χ1) is 11.3. The van der Waals surface area contributed by atoms with E-state index in [1.807, 2.05) is 4.90 Å². The van der Waals surface area contributed by atoms with Gasteiger partial charge in [0.25, 0.3) is 5.91 Å². The standard InChI is InChI=1S/C18H27N3O3/c1-13-6-4-5-11-21(13)16(23)14-7-9-15(10-8-14)19-17(24)20-18(2,3)12-22/h7-10,13,22H,4-6,11-12H2,1-3H3,(H2,19,20,24)/t13-/m1/s1. The molecule has 1 aromatic carbocycles. The maximum atomic E-state index is 12.6. The number of aliphatic hydroxyl groups is 1. The third-order valence-electron chi connectivity index (χ3n) is 4.30. The lowest BCUT2D eigenvalue weighted by Gasteiger charge is -2.33. The van der Waals surface area contributed by atoms with E-state index in [-0.39, 0.29) is 18.6 Å². The van der Waals surface area contributed by atoms with E-state index in [4.69, 9.17) is 5.11 Å². The molecule has 0 aromatic heterocycles. The van der Waals surface area contributed by atoms with Gasteiger partial charge in [-0.3, -0.25) is 4.79 Å². The predicted molar refractivity (Wildman–Crippen MR) is 94.1 cm³/mol. The van der Waals surface area contributed by atoms with Crippen molar-refractivity contribution < 1.29 is 14.7 Å². The van der Waals surface area contributed by atoms with Crippen LogP contribution in [-0.4, -0.2) is 46.7 Å². The lowest BCUT2D eigenvalue weighted by molar-refractivity contribution is 0.0635. The number of carbonyl (C=O) groups is 2. The van der Waals surface area contributed by atoms with Gasteiger partial charge in [0, 0.05) is 23.8 Å². The summed E-state index contributed by atoms with van der Waals surface area (Å²) in [5, 5.41) is 14.5. The van der Waals surface area contributed by atoms with E-state index in [1.54, 1.807) is 38.1 Å². The van der Waals surface area contributed by atoms with Gasteiger partial charge in [0.15, 0.2) is 0 Å². The van der Waals surface area contributed by atoms with E-state index < -0.39 is 11.6 Å². The molecule has 2 rings (SSSR count). The summed E-state index contributed by atoms with van der Waals surface area (Å²) in [6.45, 7) is 6.20. The van der Waals surface area contributed by atoms with Crippen molar-refractivity contribution in [1.82, 2.24) is 10.2 Å². The maximum absolute atomic E-state index is 12.6. The Morgan fingerprint density at radius 1 is 1.25 bits per heavy atom. The molecule has 24 heavy (non-hydrogen) atoms. The molecule has 1 fully saturated rings. The van der Waals surface area contributed by atoms with Crippen LogP contribution in [0.2, 0.25) is 0 Å². The van der Waals surface area contributed by atoms with Crippen LogP contribution >= 0.6 is 0 Å². The van der Waals surface area contributed by atoms with Crippen LogP contribution in [-0.2, 0) is 0 Å². The van der Waals surface area contributed by atoms with Crippen LogP contribution in [0.4, 0.5) is 10.5 Å². The van der Waals surface area contributed by atoms with Gasteiger partial charge < -0.3 is 20.6 Å². The normalized spacial score (nSPS) is 18.2. The fourth-order valence-electron chi connectivity index (χ4n) is 2.77. The van der Waals surface area contributed by atoms with Crippen molar-refractivity contribution in [3.05, 3.63) is 29.8 Å². The van der Waals surface area contributed by atoms with Crippen molar-refractivity contribution in [3.63, 3.8) is 0 Å². The summed E-state index contributed by atoms with van der Waals surface area (Å²) in [6, 6.07) is 6.78. The maximum Gasteiger partial charge on any atom is 0.319 e. The molecule has 1 atom stereocenters. The smallest absolute Gasteiger partial charge is 0.319 e. The topological polar surface area (TPSA) is 81.7 Å². The van der Waals surface area contributed by atoms with Crippen molar-refractivity contribution in [2.75, 3.05) is 18.5 Å². The number of piperidine rings is 1. The number of hydrogen-bond donors (Lipinski definition) is 3. The predicted octanol–water partition coefficient (Wildman–Crippen LogP) is 2.59. The Morgan fingerprint density at radius 2 is 1.92 bits per heavy atom. The van der Waals surface area contributed by atoms with E-state index in [1.165, 1.54) is 6.42 Å². The van der Waals surface area contributed by atoms with Crippen molar-refractivity contribution in [2.24, 2.45) is 0 Å². The second kappa shape index (κ2) is 7.66. The quantitative estimate of drug-likeness (QED) is 0.792. The van der Waals surface area contributed by atoms with Gasteiger partial charge in [-0.25, -0.2) is 4.79 Å². The van der Waals surface area contributed by atoms with Crippen molar-refractivity contribution in [1.29, 1.82) is 0 Å². The zero-order valence-corrected chi connectivity index (χ0v) is 14.6. The van der Waals surface area contributed by atoms with Gasteiger partial charge in [0.05, 0.1) is 12.1 Å². The number of hydrogen-bond acceptors (Lipinski definition) is 3. The second-order valence-corrected chi connectivity index (χ2v) is 7.04. The van der Waals surface area contributed by atoms with Crippen LogP contribution in [0.3, 0.4) is 0 Å². The average molecular weight is 333 g/mol. The number of nitrogens with zero attached hydrogens (tertiary/aromatic N) is 1. The summed E-state index contributed by atoms with van der Waals surface area (Å²) in [5.74, 6) is 0.0413. The molecule has 1 aliphatic heterocycles. The first-order valence-electron chi connectivity index (χ1n) is 8.43. The summed E-state index contributed by atoms with van der Waals surface area (Å²) in [6.07, 6.45) is 3.27. The molecule has 0 spiro atoms. The molecule has 0 saturated carbocycles. The fraction of sp³-hybridized carbons (Fsp3) is 0.556. The van der Waals surface area contributed by atoms with Gasteiger partial charge in [-0.05, 0) is 64.3 Å². The summed E-state index contributed by atoms with van der Waals surface area (Å²) < 4.78 is 0. The molecule has 1 aromatic rings. The molecule has 6 heteroatoms. The van der Waals surface area contributed by atoms with E-state index in [9.17, 15) is 9.59 Å². The minimum Gasteiger partial charge on any atom is -0.394 e. The van der Waals surface area contributed by atoms with E-state index in [0.29, 0.717) is 11.3 Å². The van der Waals surface area contributed by atoms with Gasteiger partial charge in [-0.1, -0.05) is 0 Å². The number of carbonyl (C=O) groups excluding carboxylic acids is 2. The number of urea groups is 1. The lowest BCUT2D eigenvalue weighted by Crippen LogP contribution is -2.48. The summed E-state index contributed by atoms with van der Waals surface area (Å²) in [4.78, 5) is 26.4. The molecule has 1 aliphatic rings. The Labute approximate surface area is 143 Å². The van der Waals surface area contributed by atoms with E-state index in [2.05, 4.69) is 17.6 Å². The molecule has 0 bridgehead atoms. The van der Waals surface area contributed by atoms with E-state index >= 15 is 0 Å². The van der Waals surface area contributed by atoms with Crippen LogP contribution in [0.1, 0.15) is 50.4 Å². The van der Waals surface area contributed by atoms with E-state index in [0.717, 1.165) is 19.4 Å². The van der Waals surface area contributed by atoms with Gasteiger partial charge in [-0.15, -0.1) is 0 Å². The highest BCUT2D eigenvalue weighted by Crippen LogP contribution is 2.20. The van der Waals surface area contributed by atoms with Crippen LogP contribution in [0.25, 0.3) is 0 Å². The molecule has 3 N–H and O–H groups in total. The highest BCUT2D eigenvalue weighted by atomic mass is 16.3. The first-order valence-corrected chi connectivity index (χ1v) is 8.43. The number of anilines is 1. The molecule has 0 aliphatic carbocycles. The number of benzene rings is 1. The first kappa shape index (κ1) is 18.3. The Balaban J connectivity index is 1.97. The Hall–Kier alpha value is -2.08. The highest BCUT2D eigenvalue weighted by Gasteiger charge is 2.24. The lowest BCUT2D eigenvalue weighted by atomic mass is 10.0. The molecule has 0 radical (unpaired) electrons. The van der Waals surface area contributed by atoms with Gasteiger partial charge >= 0.3 is 6.03 Å². The Kier molecular flexibility index (Phi) is 5.83. The van der Waals surface area contributed by atoms with Crippen LogP contribution < -0.4 is 10.6 Å². The van der Waals surface area contributed by atoms with Gasteiger partial charge in [-0.2, -0.15) is 0 Å². The molecular formula is C18H27N3O3. The highest BCUT2D eigenvalue weighted by molar-refractivity contribution is 5.95. The SMILES string of the molecule is C[C@@H]1CCCCN1C(=O)c1ccc(NC(=O)NC(C)(C)CO)cc1. The molecule has 1 heterocycles. The van der Waals surface area contributed by atoms with Crippen molar-refractivity contribution >= 4 is 17.6 Å². The van der Waals surface area contributed by atoms with Crippen LogP contribution in [0.5, 0.6) is 0 Å². The summed E-state index contributed by atoms with van der Waals surface area (Å²) in [7, 11) is 0. The van der Waals surface area contributed by atoms with Gasteiger partial charge in [0.2, 0.25) is 0 Å². The third-order valence-corrected chi connectivity index (χ3v) is 4.30. The zero-order valence-electron chi connectivity index (χ0n) is 14.6. The Bertz CT molecular complexity index is 584. The molecule has 6 nitrogen and oxygen atoms in total. The summed E-state index contributed by atoms with van der Waals surface area (Å²) >= 11 is 0. The monoisotopic (exact) mass is 333 g/mol. The van der Waals surface area contributed by atoms with Crippen LogP contribution in [0, 0.1) is 0 Å². The zero-order chi connectivity index (χ0) is 17.7. The number of aliphatic hydroxyl groups excluding tert-OH is 1. The number of likely N-dealkylation sites (tertiary alicyclic amines) is 1. The van der Waals surface area contributed by atoms with Gasteiger partial charge in [0.1, 0.15) is 0 Å². The molecule has 3 amide bonds. The summed E-state index contributed by atoms with van der Waals surface area (Å²) in [5.41, 5.74) is 0.541. The molecule has 1 saturated heterocycles. The third kappa shape index (κ3) is 4.71. The minimum absolute atomic E-state index is 0.0413. The van der Waals surface area contributed by atoms with Crippen molar-refractivity contribution in [2.45, 2.75) is 51.6 Å². The Morgan fingerprint density at radius 3 is 2.50 bits per heavy atom.